The summed E-state index contributed by atoms with van der Waals surface area (Å²) in [6.07, 6.45) is 1.98. The van der Waals surface area contributed by atoms with Gasteiger partial charge in [-0.1, -0.05) is 30.3 Å². The summed E-state index contributed by atoms with van der Waals surface area (Å²) < 4.78 is 7.27. The fourth-order valence-corrected chi connectivity index (χ4v) is 4.46. The lowest BCUT2D eigenvalue weighted by Gasteiger charge is -2.23. The van der Waals surface area contributed by atoms with E-state index in [4.69, 9.17) is 4.74 Å². The first-order valence-corrected chi connectivity index (χ1v) is 11.4. The number of benzene rings is 2. The summed E-state index contributed by atoms with van der Waals surface area (Å²) in [7, 11) is 1.65. The third-order valence-electron chi connectivity index (χ3n) is 6.27. The molecule has 0 N–H and O–H groups in total. The topological polar surface area (TPSA) is 54.8 Å². The summed E-state index contributed by atoms with van der Waals surface area (Å²) in [4.78, 5) is 29.9. The molecule has 1 saturated heterocycles. The van der Waals surface area contributed by atoms with Gasteiger partial charge in [-0.05, 0) is 49.6 Å². The maximum atomic E-state index is 13.3. The number of fused-ring (bicyclic) bond motifs is 1. The molecular weight excluding hydrogens is 402 g/mol. The van der Waals surface area contributed by atoms with Gasteiger partial charge in [0.25, 0.3) is 5.91 Å². The van der Waals surface area contributed by atoms with Gasteiger partial charge in [-0.3, -0.25) is 9.59 Å². The van der Waals surface area contributed by atoms with Crippen molar-refractivity contribution in [3.05, 3.63) is 65.9 Å². The molecule has 3 aromatic rings. The highest BCUT2D eigenvalue weighted by molar-refractivity contribution is 5.98. The fourth-order valence-electron chi connectivity index (χ4n) is 4.46. The van der Waals surface area contributed by atoms with E-state index in [9.17, 15) is 9.59 Å². The van der Waals surface area contributed by atoms with Gasteiger partial charge in [0.2, 0.25) is 5.91 Å². The number of hydrogen-bond acceptors (Lipinski definition) is 3. The van der Waals surface area contributed by atoms with Gasteiger partial charge in [-0.2, -0.15) is 0 Å². The van der Waals surface area contributed by atoms with Crippen LogP contribution in [0.2, 0.25) is 0 Å². The van der Waals surface area contributed by atoms with E-state index in [0.717, 1.165) is 40.9 Å². The molecule has 6 nitrogen and oxygen atoms in total. The standard InChI is InChI=1S/C26H31N3O3/c1-3-29-23-8-5-4-7-21(23)19-24(29)26(31)28-16-6-15-27(17-18-28)25(30)14-11-20-9-12-22(32-2)13-10-20/h4-5,7-10,12-13,19H,3,6,11,14-18H2,1-2H3. The zero-order valence-corrected chi connectivity index (χ0v) is 18.9. The van der Waals surface area contributed by atoms with E-state index in [2.05, 4.69) is 17.6 Å². The number of para-hydroxylation sites is 1. The quantitative estimate of drug-likeness (QED) is 0.591. The summed E-state index contributed by atoms with van der Waals surface area (Å²) in [6, 6.07) is 17.9. The van der Waals surface area contributed by atoms with Crippen LogP contribution in [-0.4, -0.2) is 59.5 Å². The molecule has 0 saturated carbocycles. The first-order chi connectivity index (χ1) is 15.6. The molecule has 1 aromatic heterocycles. The van der Waals surface area contributed by atoms with E-state index < -0.39 is 0 Å². The fraction of sp³-hybridized carbons (Fsp3) is 0.385. The van der Waals surface area contributed by atoms with Crippen LogP contribution in [0.5, 0.6) is 5.75 Å². The Morgan fingerprint density at radius 3 is 2.41 bits per heavy atom. The molecule has 6 heteroatoms. The summed E-state index contributed by atoms with van der Waals surface area (Å²) in [6.45, 7) is 5.33. The Morgan fingerprint density at radius 1 is 0.938 bits per heavy atom. The monoisotopic (exact) mass is 433 g/mol. The summed E-state index contributed by atoms with van der Waals surface area (Å²) in [5, 5.41) is 1.09. The average Bonchev–Trinajstić information content (AvgIpc) is 3.03. The first-order valence-electron chi connectivity index (χ1n) is 11.4. The van der Waals surface area contributed by atoms with E-state index in [-0.39, 0.29) is 11.8 Å². The Hall–Kier alpha value is -3.28. The summed E-state index contributed by atoms with van der Waals surface area (Å²) in [5.74, 6) is 1.02. The maximum absolute atomic E-state index is 13.3. The largest absolute Gasteiger partial charge is 0.497 e. The summed E-state index contributed by atoms with van der Waals surface area (Å²) >= 11 is 0. The highest BCUT2D eigenvalue weighted by atomic mass is 16.5. The number of hydrogen-bond donors (Lipinski definition) is 0. The van der Waals surface area contributed by atoms with Gasteiger partial charge >= 0.3 is 0 Å². The number of carbonyl (C=O) groups is 2. The van der Waals surface area contributed by atoms with Gasteiger partial charge in [-0.15, -0.1) is 0 Å². The Morgan fingerprint density at radius 2 is 1.66 bits per heavy atom. The van der Waals surface area contributed by atoms with Crippen molar-refractivity contribution >= 4 is 22.7 Å². The van der Waals surface area contributed by atoms with Crippen LogP contribution in [0, 0.1) is 0 Å². The second kappa shape index (κ2) is 9.90. The number of aromatic nitrogens is 1. The lowest BCUT2D eigenvalue weighted by atomic mass is 10.1. The predicted octanol–water partition coefficient (Wildman–Crippen LogP) is 3.98. The molecule has 0 bridgehead atoms. The second-order valence-corrected chi connectivity index (χ2v) is 8.21. The molecule has 2 aromatic carbocycles. The van der Waals surface area contributed by atoms with Gasteiger partial charge < -0.3 is 19.1 Å². The predicted molar refractivity (Wildman–Crippen MR) is 126 cm³/mol. The van der Waals surface area contributed by atoms with Gasteiger partial charge in [-0.25, -0.2) is 0 Å². The van der Waals surface area contributed by atoms with Gasteiger partial charge in [0, 0.05) is 50.0 Å². The molecule has 0 atom stereocenters. The van der Waals surface area contributed by atoms with E-state index in [0.29, 0.717) is 39.0 Å². The van der Waals surface area contributed by atoms with Crippen LogP contribution in [0.1, 0.15) is 35.8 Å². The van der Waals surface area contributed by atoms with Crippen molar-refractivity contribution in [1.82, 2.24) is 14.4 Å². The van der Waals surface area contributed by atoms with Crippen molar-refractivity contribution in [1.29, 1.82) is 0 Å². The number of amides is 2. The number of aryl methyl sites for hydroxylation is 2. The molecular formula is C26H31N3O3. The lowest BCUT2D eigenvalue weighted by Crippen LogP contribution is -2.38. The van der Waals surface area contributed by atoms with Gasteiger partial charge in [0.15, 0.2) is 0 Å². The Bertz CT molecular complexity index is 1090. The molecule has 0 unspecified atom stereocenters. The second-order valence-electron chi connectivity index (χ2n) is 8.21. The molecule has 4 rings (SSSR count). The molecule has 2 amide bonds. The van der Waals surface area contributed by atoms with Crippen molar-refractivity contribution in [3.8, 4) is 5.75 Å². The number of rotatable bonds is 6. The van der Waals surface area contributed by atoms with Gasteiger partial charge in [0.1, 0.15) is 11.4 Å². The average molecular weight is 434 g/mol. The van der Waals surface area contributed by atoms with Crippen molar-refractivity contribution in [2.75, 3.05) is 33.3 Å². The van der Waals surface area contributed by atoms with E-state index in [1.807, 2.05) is 58.3 Å². The molecule has 1 aliphatic heterocycles. The van der Waals surface area contributed by atoms with Crippen molar-refractivity contribution in [3.63, 3.8) is 0 Å². The highest BCUT2D eigenvalue weighted by Crippen LogP contribution is 2.22. The zero-order chi connectivity index (χ0) is 22.5. The van der Waals surface area contributed by atoms with Crippen molar-refractivity contribution < 1.29 is 14.3 Å². The summed E-state index contributed by atoms with van der Waals surface area (Å²) in [5.41, 5.74) is 2.94. The Kier molecular flexibility index (Phi) is 6.78. The third kappa shape index (κ3) is 4.64. The molecule has 1 fully saturated rings. The SMILES string of the molecule is CCn1c(C(=O)N2CCCN(C(=O)CCc3ccc(OC)cc3)CC2)cc2ccccc21. The van der Waals surface area contributed by atoms with Crippen LogP contribution in [0.3, 0.4) is 0 Å². The minimum absolute atomic E-state index is 0.0515. The third-order valence-corrected chi connectivity index (χ3v) is 6.27. The molecule has 32 heavy (non-hydrogen) atoms. The molecule has 0 spiro atoms. The van der Waals surface area contributed by atoms with Crippen LogP contribution < -0.4 is 4.74 Å². The van der Waals surface area contributed by atoms with E-state index >= 15 is 0 Å². The van der Waals surface area contributed by atoms with E-state index in [1.54, 1.807) is 7.11 Å². The van der Waals surface area contributed by atoms with Crippen molar-refractivity contribution in [2.45, 2.75) is 32.7 Å². The smallest absolute Gasteiger partial charge is 0.270 e. The first kappa shape index (κ1) is 21.9. The zero-order valence-electron chi connectivity index (χ0n) is 18.9. The van der Waals surface area contributed by atoms with Crippen molar-refractivity contribution in [2.24, 2.45) is 0 Å². The van der Waals surface area contributed by atoms with Gasteiger partial charge in [0.05, 0.1) is 7.11 Å². The van der Waals surface area contributed by atoms with Crippen LogP contribution in [0.4, 0.5) is 0 Å². The minimum Gasteiger partial charge on any atom is -0.497 e. The highest BCUT2D eigenvalue weighted by Gasteiger charge is 2.25. The van der Waals surface area contributed by atoms with Crippen LogP contribution in [0.15, 0.2) is 54.6 Å². The number of nitrogens with zero attached hydrogens (tertiary/aromatic N) is 3. The molecule has 0 radical (unpaired) electrons. The molecule has 0 aliphatic carbocycles. The maximum Gasteiger partial charge on any atom is 0.270 e. The Balaban J connectivity index is 1.37. The van der Waals surface area contributed by atoms with Crippen LogP contribution in [-0.2, 0) is 17.8 Å². The minimum atomic E-state index is 0.0515. The van der Waals surface area contributed by atoms with E-state index in [1.165, 1.54) is 0 Å². The number of carbonyl (C=O) groups excluding carboxylic acids is 2. The van der Waals surface area contributed by atoms with Crippen LogP contribution >= 0.6 is 0 Å². The van der Waals surface area contributed by atoms with Crippen LogP contribution in [0.25, 0.3) is 10.9 Å². The lowest BCUT2D eigenvalue weighted by molar-refractivity contribution is -0.131. The normalized spacial score (nSPS) is 14.4. The number of ether oxygens (including phenoxy) is 1. The molecule has 2 heterocycles. The molecule has 1 aliphatic rings. The number of methoxy groups -OCH3 is 1. The Labute approximate surface area is 189 Å². The molecule has 168 valence electrons.